The summed E-state index contributed by atoms with van der Waals surface area (Å²) in [6, 6.07) is 6.04. The van der Waals surface area contributed by atoms with Crippen LogP contribution < -0.4 is 14.8 Å². The lowest BCUT2D eigenvalue weighted by molar-refractivity contribution is 0.380. The summed E-state index contributed by atoms with van der Waals surface area (Å²) in [4.78, 5) is 8.23. The fourth-order valence-electron chi connectivity index (χ4n) is 2.15. The SMILES string of the molecule is COc1cncc(Oc2cccc3c2NCCC3)n1. The number of benzene rings is 1. The third-order valence-electron chi connectivity index (χ3n) is 3.05. The van der Waals surface area contributed by atoms with Gasteiger partial charge in [-0.25, -0.2) is 0 Å². The van der Waals surface area contributed by atoms with E-state index in [1.54, 1.807) is 19.5 Å². The van der Waals surface area contributed by atoms with Crippen molar-refractivity contribution < 1.29 is 9.47 Å². The number of nitrogens with zero attached hydrogens (tertiary/aromatic N) is 2. The van der Waals surface area contributed by atoms with Crippen molar-refractivity contribution in [2.45, 2.75) is 12.8 Å². The van der Waals surface area contributed by atoms with Gasteiger partial charge in [0.15, 0.2) is 5.75 Å². The van der Waals surface area contributed by atoms with Crippen LogP contribution in [-0.2, 0) is 6.42 Å². The molecule has 0 saturated carbocycles. The third-order valence-corrected chi connectivity index (χ3v) is 3.05. The number of rotatable bonds is 3. The van der Waals surface area contributed by atoms with Crippen LogP contribution >= 0.6 is 0 Å². The Morgan fingerprint density at radius 1 is 1.21 bits per heavy atom. The van der Waals surface area contributed by atoms with Crippen LogP contribution in [0.25, 0.3) is 0 Å². The number of anilines is 1. The van der Waals surface area contributed by atoms with Gasteiger partial charge in [-0.2, -0.15) is 4.98 Å². The second-order valence-corrected chi connectivity index (χ2v) is 4.32. The first-order valence-corrected chi connectivity index (χ1v) is 6.26. The molecule has 1 aliphatic heterocycles. The fraction of sp³-hybridized carbons (Fsp3) is 0.286. The molecule has 3 rings (SSSR count). The van der Waals surface area contributed by atoms with Gasteiger partial charge in [0.25, 0.3) is 0 Å². The zero-order chi connectivity index (χ0) is 13.1. The highest BCUT2D eigenvalue weighted by Gasteiger charge is 2.14. The molecular formula is C14H15N3O2. The lowest BCUT2D eigenvalue weighted by atomic mass is 10.0. The Labute approximate surface area is 111 Å². The Kier molecular flexibility index (Phi) is 3.18. The number of aryl methyl sites for hydroxylation is 1. The number of aromatic nitrogens is 2. The molecule has 0 atom stereocenters. The molecule has 19 heavy (non-hydrogen) atoms. The summed E-state index contributed by atoms with van der Waals surface area (Å²) in [6.45, 7) is 0.969. The fourth-order valence-corrected chi connectivity index (χ4v) is 2.15. The van der Waals surface area contributed by atoms with Crippen LogP contribution in [0.2, 0.25) is 0 Å². The monoisotopic (exact) mass is 257 g/mol. The summed E-state index contributed by atoms with van der Waals surface area (Å²) in [7, 11) is 1.56. The molecule has 0 saturated heterocycles. The molecule has 1 aromatic carbocycles. The lowest BCUT2D eigenvalue weighted by Crippen LogP contribution is -2.12. The summed E-state index contributed by atoms with van der Waals surface area (Å²) in [5, 5.41) is 3.38. The minimum absolute atomic E-state index is 0.431. The van der Waals surface area contributed by atoms with Gasteiger partial charge in [0.05, 0.1) is 25.2 Å². The van der Waals surface area contributed by atoms with E-state index in [-0.39, 0.29) is 0 Å². The Hall–Kier alpha value is -2.30. The van der Waals surface area contributed by atoms with Crippen molar-refractivity contribution in [1.82, 2.24) is 9.97 Å². The molecule has 2 aromatic rings. The van der Waals surface area contributed by atoms with Gasteiger partial charge in [-0.05, 0) is 24.5 Å². The maximum absolute atomic E-state index is 5.80. The highest BCUT2D eigenvalue weighted by molar-refractivity contribution is 5.64. The van der Waals surface area contributed by atoms with Crippen LogP contribution in [0, 0.1) is 0 Å². The first-order valence-electron chi connectivity index (χ1n) is 6.26. The van der Waals surface area contributed by atoms with Gasteiger partial charge >= 0.3 is 0 Å². The molecule has 1 aliphatic rings. The molecule has 0 bridgehead atoms. The number of hydrogen-bond acceptors (Lipinski definition) is 5. The minimum atomic E-state index is 0.431. The highest BCUT2D eigenvalue weighted by atomic mass is 16.5. The molecule has 5 nitrogen and oxygen atoms in total. The van der Waals surface area contributed by atoms with E-state index in [4.69, 9.17) is 9.47 Å². The number of para-hydroxylation sites is 1. The molecule has 2 heterocycles. The largest absolute Gasteiger partial charge is 0.480 e. The molecule has 0 radical (unpaired) electrons. The molecule has 0 amide bonds. The van der Waals surface area contributed by atoms with Crippen molar-refractivity contribution in [3.63, 3.8) is 0 Å². The second-order valence-electron chi connectivity index (χ2n) is 4.32. The van der Waals surface area contributed by atoms with E-state index in [0.29, 0.717) is 11.8 Å². The van der Waals surface area contributed by atoms with Crippen molar-refractivity contribution in [3.05, 3.63) is 36.2 Å². The zero-order valence-electron chi connectivity index (χ0n) is 10.7. The first kappa shape index (κ1) is 11.8. The van der Waals surface area contributed by atoms with Crippen molar-refractivity contribution in [2.24, 2.45) is 0 Å². The molecule has 1 N–H and O–H groups in total. The quantitative estimate of drug-likeness (QED) is 0.916. The summed E-state index contributed by atoms with van der Waals surface area (Å²) in [5.74, 6) is 1.65. The number of ether oxygens (including phenoxy) is 2. The van der Waals surface area contributed by atoms with Crippen LogP contribution in [0.5, 0.6) is 17.5 Å². The highest BCUT2D eigenvalue weighted by Crippen LogP contribution is 2.34. The third kappa shape index (κ3) is 2.45. The van der Waals surface area contributed by atoms with Crippen molar-refractivity contribution in [2.75, 3.05) is 19.0 Å². The first-order chi connectivity index (χ1) is 9.36. The van der Waals surface area contributed by atoms with E-state index in [1.165, 1.54) is 5.56 Å². The van der Waals surface area contributed by atoms with Crippen LogP contribution in [-0.4, -0.2) is 23.6 Å². The number of nitrogens with one attached hydrogen (secondary N) is 1. The molecule has 98 valence electrons. The normalized spacial score (nSPS) is 13.3. The van der Waals surface area contributed by atoms with Gasteiger partial charge in [0.2, 0.25) is 11.8 Å². The summed E-state index contributed by atoms with van der Waals surface area (Å²) < 4.78 is 10.8. The summed E-state index contributed by atoms with van der Waals surface area (Å²) in [6.07, 6.45) is 5.34. The van der Waals surface area contributed by atoms with Gasteiger partial charge in [0, 0.05) is 6.54 Å². The predicted molar refractivity (Wildman–Crippen MR) is 71.9 cm³/mol. The molecule has 0 spiro atoms. The maximum atomic E-state index is 5.80. The smallest absolute Gasteiger partial charge is 0.241 e. The Bertz CT molecular complexity index is 587. The zero-order valence-corrected chi connectivity index (χ0v) is 10.7. The van der Waals surface area contributed by atoms with Crippen LogP contribution in [0.15, 0.2) is 30.6 Å². The van der Waals surface area contributed by atoms with Crippen molar-refractivity contribution in [3.8, 4) is 17.5 Å². The molecule has 0 unspecified atom stereocenters. The molecule has 5 heteroatoms. The van der Waals surface area contributed by atoms with Gasteiger partial charge in [-0.3, -0.25) is 4.98 Å². The maximum Gasteiger partial charge on any atom is 0.241 e. The Morgan fingerprint density at radius 3 is 3.00 bits per heavy atom. The van der Waals surface area contributed by atoms with E-state index in [2.05, 4.69) is 21.4 Å². The van der Waals surface area contributed by atoms with E-state index < -0.39 is 0 Å². The minimum Gasteiger partial charge on any atom is -0.480 e. The molecule has 0 fully saturated rings. The average molecular weight is 257 g/mol. The molecule has 1 aromatic heterocycles. The molecular weight excluding hydrogens is 242 g/mol. The van der Waals surface area contributed by atoms with Crippen molar-refractivity contribution in [1.29, 1.82) is 0 Å². The van der Waals surface area contributed by atoms with Crippen molar-refractivity contribution >= 4 is 5.69 Å². The second kappa shape index (κ2) is 5.14. The van der Waals surface area contributed by atoms with Gasteiger partial charge in [-0.1, -0.05) is 12.1 Å². The van der Waals surface area contributed by atoms with E-state index in [9.17, 15) is 0 Å². The Morgan fingerprint density at radius 2 is 2.11 bits per heavy atom. The van der Waals surface area contributed by atoms with Gasteiger partial charge in [0.1, 0.15) is 0 Å². The Balaban J connectivity index is 1.90. The number of methoxy groups -OCH3 is 1. The molecule has 0 aliphatic carbocycles. The average Bonchev–Trinajstić information content (AvgIpc) is 2.48. The van der Waals surface area contributed by atoms with Gasteiger partial charge < -0.3 is 14.8 Å². The van der Waals surface area contributed by atoms with Crippen LogP contribution in [0.1, 0.15) is 12.0 Å². The number of fused-ring (bicyclic) bond motifs is 1. The van der Waals surface area contributed by atoms with E-state index in [1.807, 2.05) is 12.1 Å². The van der Waals surface area contributed by atoms with E-state index in [0.717, 1.165) is 30.8 Å². The summed E-state index contributed by atoms with van der Waals surface area (Å²) >= 11 is 0. The standard InChI is InChI=1S/C14H15N3O2/c1-18-12-8-15-9-13(17-12)19-11-6-2-4-10-5-3-7-16-14(10)11/h2,4,6,8-9,16H,3,5,7H2,1H3. The van der Waals surface area contributed by atoms with Crippen LogP contribution in [0.3, 0.4) is 0 Å². The number of hydrogen-bond donors (Lipinski definition) is 1. The van der Waals surface area contributed by atoms with E-state index >= 15 is 0 Å². The predicted octanol–water partition coefficient (Wildman–Crippen LogP) is 2.64. The van der Waals surface area contributed by atoms with Gasteiger partial charge in [-0.15, -0.1) is 0 Å². The topological polar surface area (TPSA) is 56.3 Å². The lowest BCUT2D eigenvalue weighted by Gasteiger charge is -2.20. The van der Waals surface area contributed by atoms with Crippen LogP contribution in [0.4, 0.5) is 5.69 Å². The summed E-state index contributed by atoms with van der Waals surface area (Å²) in [5.41, 5.74) is 2.33.